The number of likely N-dealkylation sites (tertiary alicyclic amines) is 1. The summed E-state index contributed by atoms with van der Waals surface area (Å²) in [6.07, 6.45) is -2.20. The zero-order chi connectivity index (χ0) is 16.4. The second-order valence-electron chi connectivity index (χ2n) is 5.58. The Morgan fingerprint density at radius 1 is 1.18 bits per heavy atom. The fourth-order valence-electron chi connectivity index (χ4n) is 2.91. The number of alkyl halides is 3. The van der Waals surface area contributed by atoms with Gasteiger partial charge in [0.1, 0.15) is 17.1 Å². The van der Waals surface area contributed by atoms with Gasteiger partial charge in [-0.05, 0) is 25.2 Å². The highest BCUT2D eigenvalue weighted by Gasteiger charge is 2.42. The molecule has 1 saturated heterocycles. The second-order valence-corrected chi connectivity index (χ2v) is 5.58. The van der Waals surface area contributed by atoms with Gasteiger partial charge in [-0.2, -0.15) is 0 Å². The maximum atomic E-state index is 12.2. The van der Waals surface area contributed by atoms with Crippen molar-refractivity contribution < 1.29 is 22.6 Å². The van der Waals surface area contributed by atoms with Crippen LogP contribution in [0.15, 0.2) is 18.2 Å². The minimum absolute atomic E-state index is 0.176. The lowest BCUT2D eigenvalue weighted by Gasteiger charge is -2.37. The van der Waals surface area contributed by atoms with Gasteiger partial charge in [-0.3, -0.25) is 0 Å². The van der Waals surface area contributed by atoms with Gasteiger partial charge in [0.15, 0.2) is 0 Å². The maximum absolute atomic E-state index is 12.2. The van der Waals surface area contributed by atoms with Crippen LogP contribution in [0.5, 0.6) is 11.5 Å². The molecule has 1 spiro atoms. The Bertz CT molecular complexity index is 509. The van der Waals surface area contributed by atoms with Crippen molar-refractivity contribution in [1.82, 2.24) is 4.90 Å². The Morgan fingerprint density at radius 3 is 2.41 bits per heavy atom. The molecular formula is C16H22F3NO2. The van der Waals surface area contributed by atoms with Crippen molar-refractivity contribution in [2.45, 2.75) is 45.1 Å². The normalized spacial score (nSPS) is 19.9. The molecule has 0 aliphatic carbocycles. The van der Waals surface area contributed by atoms with E-state index >= 15 is 0 Å². The van der Waals surface area contributed by atoms with E-state index in [0.717, 1.165) is 31.5 Å². The summed E-state index contributed by atoms with van der Waals surface area (Å²) in [6.45, 7) is 5.89. The molecule has 1 aromatic rings. The highest BCUT2D eigenvalue weighted by atomic mass is 19.4. The lowest BCUT2D eigenvalue weighted by Crippen LogP contribution is -2.45. The fraction of sp³-hybridized carbons (Fsp3) is 0.625. The van der Waals surface area contributed by atoms with E-state index in [4.69, 9.17) is 4.74 Å². The van der Waals surface area contributed by atoms with Gasteiger partial charge in [-0.15, -0.1) is 13.2 Å². The molecule has 0 aromatic heterocycles. The first-order valence-electron chi connectivity index (χ1n) is 7.62. The van der Waals surface area contributed by atoms with Gasteiger partial charge in [-0.25, -0.2) is 0 Å². The Hall–Kier alpha value is -1.43. The fourth-order valence-corrected chi connectivity index (χ4v) is 2.91. The Morgan fingerprint density at radius 2 is 1.82 bits per heavy atom. The predicted molar refractivity (Wildman–Crippen MR) is 78.3 cm³/mol. The molecule has 0 radical (unpaired) electrons. The SMILES string of the molecule is CC.CN1CCC2(CC1)Cc1cc(OC(F)(F)F)ccc1O2. The van der Waals surface area contributed by atoms with Gasteiger partial charge >= 0.3 is 6.36 Å². The molecule has 0 saturated carbocycles. The van der Waals surface area contributed by atoms with Crippen LogP contribution >= 0.6 is 0 Å². The largest absolute Gasteiger partial charge is 0.573 e. The third kappa shape index (κ3) is 3.85. The molecule has 0 N–H and O–H groups in total. The summed E-state index contributed by atoms with van der Waals surface area (Å²) in [5.41, 5.74) is 0.558. The molecule has 3 rings (SSSR count). The van der Waals surface area contributed by atoms with Crippen LogP contribution in [0.2, 0.25) is 0 Å². The van der Waals surface area contributed by atoms with E-state index in [0.29, 0.717) is 12.2 Å². The molecule has 124 valence electrons. The molecule has 22 heavy (non-hydrogen) atoms. The van der Waals surface area contributed by atoms with Crippen LogP contribution in [0.4, 0.5) is 13.2 Å². The van der Waals surface area contributed by atoms with E-state index in [-0.39, 0.29) is 11.4 Å². The summed E-state index contributed by atoms with van der Waals surface area (Å²) in [4.78, 5) is 2.23. The van der Waals surface area contributed by atoms with Crippen LogP contribution in [0, 0.1) is 0 Å². The molecular weight excluding hydrogens is 295 g/mol. The van der Waals surface area contributed by atoms with Gasteiger partial charge in [0.2, 0.25) is 0 Å². The summed E-state index contributed by atoms with van der Waals surface area (Å²) in [5, 5.41) is 0. The summed E-state index contributed by atoms with van der Waals surface area (Å²) < 4.78 is 46.6. The van der Waals surface area contributed by atoms with Crippen LogP contribution in [0.3, 0.4) is 0 Å². The Labute approximate surface area is 129 Å². The van der Waals surface area contributed by atoms with E-state index in [1.165, 1.54) is 12.1 Å². The third-order valence-corrected chi connectivity index (χ3v) is 4.00. The highest BCUT2D eigenvalue weighted by Crippen LogP contribution is 2.42. The zero-order valence-electron chi connectivity index (χ0n) is 13.2. The lowest BCUT2D eigenvalue weighted by molar-refractivity contribution is -0.274. The third-order valence-electron chi connectivity index (χ3n) is 4.00. The zero-order valence-corrected chi connectivity index (χ0v) is 13.2. The summed E-state index contributed by atoms with van der Waals surface area (Å²) in [6, 6.07) is 4.32. The summed E-state index contributed by atoms with van der Waals surface area (Å²) in [5.74, 6) is 0.508. The average Bonchev–Trinajstić information content (AvgIpc) is 2.80. The van der Waals surface area contributed by atoms with Gasteiger partial charge in [-0.1, -0.05) is 13.8 Å². The number of fused-ring (bicyclic) bond motifs is 1. The van der Waals surface area contributed by atoms with Crippen LogP contribution < -0.4 is 9.47 Å². The van der Waals surface area contributed by atoms with E-state index in [2.05, 4.69) is 16.7 Å². The molecule has 0 amide bonds. The van der Waals surface area contributed by atoms with E-state index in [1.807, 2.05) is 13.8 Å². The number of rotatable bonds is 1. The van der Waals surface area contributed by atoms with Crippen molar-refractivity contribution in [2.75, 3.05) is 20.1 Å². The highest BCUT2D eigenvalue weighted by molar-refractivity contribution is 5.44. The van der Waals surface area contributed by atoms with Gasteiger partial charge in [0, 0.05) is 37.9 Å². The molecule has 2 aliphatic heterocycles. The van der Waals surface area contributed by atoms with Crippen LogP contribution in [0.25, 0.3) is 0 Å². The molecule has 0 atom stereocenters. The number of halogens is 3. The number of hydrogen-bond donors (Lipinski definition) is 0. The van der Waals surface area contributed by atoms with Gasteiger partial charge in [0.05, 0.1) is 0 Å². The maximum Gasteiger partial charge on any atom is 0.573 e. The first kappa shape index (κ1) is 16.9. The molecule has 3 nitrogen and oxygen atoms in total. The molecule has 0 unspecified atom stereocenters. The second kappa shape index (κ2) is 6.36. The lowest BCUT2D eigenvalue weighted by atomic mass is 9.87. The van der Waals surface area contributed by atoms with Crippen molar-refractivity contribution in [1.29, 1.82) is 0 Å². The van der Waals surface area contributed by atoms with Crippen molar-refractivity contribution in [3.63, 3.8) is 0 Å². The number of benzene rings is 1. The summed E-state index contributed by atoms with van der Waals surface area (Å²) in [7, 11) is 2.06. The molecule has 1 fully saturated rings. The Balaban J connectivity index is 0.000000847. The first-order valence-corrected chi connectivity index (χ1v) is 7.62. The van der Waals surface area contributed by atoms with Crippen molar-refractivity contribution in [3.8, 4) is 11.5 Å². The molecule has 2 aliphatic rings. The van der Waals surface area contributed by atoms with Crippen molar-refractivity contribution >= 4 is 0 Å². The predicted octanol–water partition coefficient (Wildman–Crippen LogP) is 4.01. The molecule has 1 aromatic carbocycles. The minimum atomic E-state index is -4.65. The average molecular weight is 317 g/mol. The number of hydrogen-bond acceptors (Lipinski definition) is 3. The van der Waals surface area contributed by atoms with Crippen molar-refractivity contribution in [2.24, 2.45) is 0 Å². The summed E-state index contributed by atoms with van der Waals surface area (Å²) >= 11 is 0. The van der Waals surface area contributed by atoms with Crippen LogP contribution in [-0.4, -0.2) is 37.0 Å². The monoisotopic (exact) mass is 317 g/mol. The van der Waals surface area contributed by atoms with Gasteiger partial charge in [0.25, 0.3) is 0 Å². The van der Waals surface area contributed by atoms with Crippen molar-refractivity contribution in [3.05, 3.63) is 23.8 Å². The van der Waals surface area contributed by atoms with E-state index in [1.54, 1.807) is 6.07 Å². The minimum Gasteiger partial charge on any atom is -0.487 e. The first-order chi connectivity index (χ1) is 10.4. The standard InChI is InChI=1S/C14H16F3NO2.C2H6/c1-18-6-4-13(5-7-18)9-10-8-11(19-14(15,16)17)2-3-12(10)20-13;1-2/h2-3,8H,4-7,9H2,1H3;1-2H3. The quantitative estimate of drug-likeness (QED) is 0.781. The van der Waals surface area contributed by atoms with Crippen LogP contribution in [0.1, 0.15) is 32.3 Å². The van der Waals surface area contributed by atoms with E-state index in [9.17, 15) is 13.2 Å². The molecule has 0 bridgehead atoms. The number of nitrogens with zero attached hydrogens (tertiary/aromatic N) is 1. The molecule has 6 heteroatoms. The van der Waals surface area contributed by atoms with Crippen LogP contribution in [-0.2, 0) is 6.42 Å². The van der Waals surface area contributed by atoms with Gasteiger partial charge < -0.3 is 14.4 Å². The number of ether oxygens (including phenoxy) is 2. The Kier molecular flexibility index (Phi) is 4.90. The molecule has 2 heterocycles. The topological polar surface area (TPSA) is 21.7 Å². The smallest absolute Gasteiger partial charge is 0.487 e. The number of piperidine rings is 1. The van der Waals surface area contributed by atoms with E-state index < -0.39 is 6.36 Å².